The van der Waals surface area contributed by atoms with Gasteiger partial charge in [0.2, 0.25) is 0 Å². The van der Waals surface area contributed by atoms with E-state index in [9.17, 15) is 14.9 Å². The third-order valence-corrected chi connectivity index (χ3v) is 5.41. The van der Waals surface area contributed by atoms with E-state index >= 15 is 0 Å². The molecule has 0 atom stereocenters. The Hall–Kier alpha value is -2.89. The molecule has 1 aliphatic heterocycles. The Morgan fingerprint density at radius 2 is 1.79 bits per heavy atom. The lowest BCUT2D eigenvalue weighted by Crippen LogP contribution is -2.34. The number of rotatable bonds is 8. The molecule has 0 radical (unpaired) electrons. The van der Waals surface area contributed by atoms with Crippen molar-refractivity contribution in [3.05, 3.63) is 58.1 Å². The second-order valence-electron chi connectivity index (χ2n) is 7.75. The molecular formula is C23H28N2O4. The standard InChI is InChI=1S/C23H28N2O4/c1-3-4-18-11-13-24(14-12-18)23-16-21(9-10-22(23)25(27)28)29-20-7-5-19(6-8-20)15-17(2)26/h5-10,16,18H,3-4,11-15H2,1-2H3. The van der Waals surface area contributed by atoms with E-state index in [0.717, 1.165) is 31.5 Å². The van der Waals surface area contributed by atoms with Gasteiger partial charge in [-0.15, -0.1) is 0 Å². The van der Waals surface area contributed by atoms with Gasteiger partial charge in [-0.2, -0.15) is 0 Å². The van der Waals surface area contributed by atoms with Crippen LogP contribution < -0.4 is 9.64 Å². The molecule has 0 N–H and O–H groups in total. The molecule has 6 nitrogen and oxygen atoms in total. The van der Waals surface area contributed by atoms with Crippen molar-refractivity contribution < 1.29 is 14.5 Å². The third-order valence-electron chi connectivity index (χ3n) is 5.41. The van der Waals surface area contributed by atoms with Crippen molar-refractivity contribution in [3.63, 3.8) is 0 Å². The van der Waals surface area contributed by atoms with Crippen LogP contribution in [0.15, 0.2) is 42.5 Å². The average molecular weight is 396 g/mol. The van der Waals surface area contributed by atoms with E-state index in [1.54, 1.807) is 19.1 Å². The Labute approximate surface area is 171 Å². The Balaban J connectivity index is 1.76. The van der Waals surface area contributed by atoms with Gasteiger partial charge >= 0.3 is 0 Å². The molecule has 0 spiro atoms. The second kappa shape index (κ2) is 9.54. The number of anilines is 1. The predicted molar refractivity (Wildman–Crippen MR) is 114 cm³/mol. The van der Waals surface area contributed by atoms with Gasteiger partial charge in [0, 0.05) is 31.6 Å². The molecule has 0 aliphatic carbocycles. The highest BCUT2D eigenvalue weighted by atomic mass is 16.6. The van der Waals surface area contributed by atoms with Crippen molar-refractivity contribution in [1.82, 2.24) is 0 Å². The lowest BCUT2D eigenvalue weighted by atomic mass is 9.92. The maximum Gasteiger partial charge on any atom is 0.292 e. The fourth-order valence-electron chi connectivity index (χ4n) is 3.94. The van der Waals surface area contributed by atoms with E-state index in [1.165, 1.54) is 18.9 Å². The molecule has 29 heavy (non-hydrogen) atoms. The molecule has 2 aromatic rings. The Kier molecular flexibility index (Phi) is 6.86. The summed E-state index contributed by atoms with van der Waals surface area (Å²) in [5.41, 5.74) is 1.67. The summed E-state index contributed by atoms with van der Waals surface area (Å²) in [4.78, 5) is 24.5. The molecule has 1 heterocycles. The number of nitrogens with zero attached hydrogens (tertiary/aromatic N) is 2. The fourth-order valence-corrected chi connectivity index (χ4v) is 3.94. The summed E-state index contributed by atoms with van der Waals surface area (Å²) < 4.78 is 5.93. The van der Waals surface area contributed by atoms with Gasteiger partial charge in [0.05, 0.1) is 4.92 Å². The molecule has 3 rings (SSSR count). The number of nitro benzene ring substituents is 1. The summed E-state index contributed by atoms with van der Waals surface area (Å²) in [7, 11) is 0. The van der Waals surface area contributed by atoms with Gasteiger partial charge < -0.3 is 9.64 Å². The first-order valence-electron chi connectivity index (χ1n) is 10.3. The molecule has 6 heteroatoms. The zero-order valence-corrected chi connectivity index (χ0v) is 17.1. The summed E-state index contributed by atoms with van der Waals surface area (Å²) in [6.45, 7) is 5.42. The lowest BCUT2D eigenvalue weighted by Gasteiger charge is -2.33. The Morgan fingerprint density at radius 1 is 1.14 bits per heavy atom. The molecule has 0 aromatic heterocycles. The van der Waals surface area contributed by atoms with E-state index in [1.807, 2.05) is 24.3 Å². The van der Waals surface area contributed by atoms with Crippen LogP contribution in [-0.2, 0) is 11.2 Å². The highest BCUT2D eigenvalue weighted by Gasteiger charge is 2.25. The molecule has 0 unspecified atom stereocenters. The third kappa shape index (κ3) is 5.56. The van der Waals surface area contributed by atoms with Crippen LogP contribution in [0.5, 0.6) is 11.5 Å². The molecule has 0 bridgehead atoms. The van der Waals surface area contributed by atoms with Crippen molar-refractivity contribution >= 4 is 17.2 Å². The lowest BCUT2D eigenvalue weighted by molar-refractivity contribution is -0.384. The van der Waals surface area contributed by atoms with Crippen LogP contribution in [0.2, 0.25) is 0 Å². The van der Waals surface area contributed by atoms with Crippen LogP contribution in [0.1, 0.15) is 45.1 Å². The highest BCUT2D eigenvalue weighted by Crippen LogP contribution is 2.36. The zero-order valence-electron chi connectivity index (χ0n) is 17.1. The zero-order chi connectivity index (χ0) is 20.8. The normalized spacial score (nSPS) is 14.6. The predicted octanol–water partition coefficient (Wildman–Crippen LogP) is 5.54. The number of carbonyl (C=O) groups is 1. The summed E-state index contributed by atoms with van der Waals surface area (Å²) in [6.07, 6.45) is 4.93. The monoisotopic (exact) mass is 396 g/mol. The van der Waals surface area contributed by atoms with Crippen LogP contribution in [0.3, 0.4) is 0 Å². The number of ether oxygens (including phenoxy) is 1. The molecule has 0 saturated carbocycles. The largest absolute Gasteiger partial charge is 0.457 e. The number of ketones is 1. The minimum atomic E-state index is -0.326. The first kappa shape index (κ1) is 20.8. The average Bonchev–Trinajstić information content (AvgIpc) is 2.70. The van der Waals surface area contributed by atoms with Gasteiger partial charge in [0.1, 0.15) is 23.0 Å². The van der Waals surface area contributed by atoms with Crippen molar-refractivity contribution in [2.45, 2.75) is 46.0 Å². The number of carbonyl (C=O) groups excluding carboxylic acids is 1. The van der Waals surface area contributed by atoms with E-state index in [-0.39, 0.29) is 16.4 Å². The minimum absolute atomic E-state index is 0.112. The number of piperidine rings is 1. The molecular weight excluding hydrogens is 368 g/mol. The Morgan fingerprint density at radius 3 is 2.38 bits per heavy atom. The SMILES string of the molecule is CCCC1CCN(c2cc(Oc3ccc(CC(C)=O)cc3)ccc2[N+](=O)[O-])CC1. The molecule has 2 aromatic carbocycles. The molecule has 1 aliphatic rings. The summed E-state index contributed by atoms with van der Waals surface area (Å²) >= 11 is 0. The summed E-state index contributed by atoms with van der Waals surface area (Å²) in [5.74, 6) is 2.03. The fraction of sp³-hybridized carbons (Fsp3) is 0.435. The van der Waals surface area contributed by atoms with E-state index in [0.29, 0.717) is 29.5 Å². The molecule has 154 valence electrons. The highest BCUT2D eigenvalue weighted by molar-refractivity contribution is 5.78. The minimum Gasteiger partial charge on any atom is -0.457 e. The number of hydrogen-bond donors (Lipinski definition) is 0. The van der Waals surface area contributed by atoms with Gasteiger partial charge in [-0.3, -0.25) is 14.9 Å². The smallest absolute Gasteiger partial charge is 0.292 e. The van der Waals surface area contributed by atoms with Crippen molar-refractivity contribution in [1.29, 1.82) is 0 Å². The first-order valence-corrected chi connectivity index (χ1v) is 10.3. The van der Waals surface area contributed by atoms with Crippen LogP contribution in [0.25, 0.3) is 0 Å². The van der Waals surface area contributed by atoms with E-state index < -0.39 is 0 Å². The van der Waals surface area contributed by atoms with Crippen molar-refractivity contribution in [2.75, 3.05) is 18.0 Å². The molecule has 1 fully saturated rings. The van der Waals surface area contributed by atoms with Crippen LogP contribution in [0.4, 0.5) is 11.4 Å². The van der Waals surface area contributed by atoms with Crippen molar-refractivity contribution in [3.8, 4) is 11.5 Å². The Bertz CT molecular complexity index is 856. The number of nitro groups is 1. The number of benzene rings is 2. The first-order chi connectivity index (χ1) is 14.0. The summed E-state index contributed by atoms with van der Waals surface area (Å²) in [5, 5.41) is 11.5. The van der Waals surface area contributed by atoms with Gasteiger partial charge in [-0.25, -0.2) is 0 Å². The van der Waals surface area contributed by atoms with Crippen LogP contribution in [-0.4, -0.2) is 23.8 Å². The maximum absolute atomic E-state index is 11.5. The van der Waals surface area contributed by atoms with Gasteiger partial charge in [-0.1, -0.05) is 31.9 Å². The van der Waals surface area contributed by atoms with Crippen LogP contribution >= 0.6 is 0 Å². The topological polar surface area (TPSA) is 72.7 Å². The number of Topliss-reactive ketones (excluding diaryl/α,β-unsaturated/α-hetero) is 1. The van der Waals surface area contributed by atoms with Crippen molar-refractivity contribution in [2.24, 2.45) is 5.92 Å². The number of hydrogen-bond acceptors (Lipinski definition) is 5. The summed E-state index contributed by atoms with van der Waals surface area (Å²) in [6, 6.07) is 12.3. The molecule has 1 saturated heterocycles. The van der Waals surface area contributed by atoms with E-state index in [2.05, 4.69) is 11.8 Å². The molecule has 0 amide bonds. The quantitative estimate of drug-likeness (QED) is 0.433. The maximum atomic E-state index is 11.5. The second-order valence-corrected chi connectivity index (χ2v) is 7.75. The van der Waals surface area contributed by atoms with Gasteiger partial charge in [0.15, 0.2) is 0 Å². The van der Waals surface area contributed by atoms with Gasteiger partial charge in [0.25, 0.3) is 5.69 Å². The van der Waals surface area contributed by atoms with Gasteiger partial charge in [-0.05, 0) is 49.4 Å². The van der Waals surface area contributed by atoms with E-state index in [4.69, 9.17) is 4.74 Å². The van der Waals surface area contributed by atoms with Crippen LogP contribution in [0, 0.1) is 16.0 Å².